The van der Waals surface area contributed by atoms with Gasteiger partial charge in [0.25, 0.3) is 0 Å². The molecule has 0 bridgehead atoms. The van der Waals surface area contributed by atoms with Crippen molar-refractivity contribution in [3.63, 3.8) is 0 Å². The number of carbonyl (C=O) groups excluding carboxylic acids is 1. The topological polar surface area (TPSA) is 61.4 Å². The number of amides is 1. The lowest BCUT2D eigenvalue weighted by Gasteiger charge is -2.30. The maximum Gasteiger partial charge on any atom is 0.220 e. The fraction of sp³-hybridized carbons (Fsp3) is 0.929. The Morgan fingerprint density at radius 2 is 1.94 bits per heavy atom. The molecule has 0 unspecified atom stereocenters. The molecule has 0 aliphatic carbocycles. The number of aliphatic hydroxyl groups is 1. The zero-order valence-corrected chi connectivity index (χ0v) is 11.8. The maximum atomic E-state index is 11.9. The first-order chi connectivity index (χ1) is 8.65. The summed E-state index contributed by atoms with van der Waals surface area (Å²) in [6, 6.07) is 0. The van der Waals surface area contributed by atoms with Crippen LogP contribution in [-0.2, 0) is 4.79 Å². The number of hydrogen-bond donors (Lipinski definition) is 3. The van der Waals surface area contributed by atoms with Crippen LogP contribution in [0.5, 0.6) is 0 Å². The summed E-state index contributed by atoms with van der Waals surface area (Å²) in [4.78, 5) is 11.9. The molecule has 1 aliphatic heterocycles. The van der Waals surface area contributed by atoms with E-state index in [0.717, 1.165) is 38.8 Å². The first-order valence-corrected chi connectivity index (χ1v) is 7.24. The van der Waals surface area contributed by atoms with Crippen molar-refractivity contribution in [3.05, 3.63) is 0 Å². The van der Waals surface area contributed by atoms with E-state index in [1.54, 1.807) is 0 Å². The molecule has 0 aromatic carbocycles. The van der Waals surface area contributed by atoms with Crippen LogP contribution in [0.2, 0.25) is 0 Å². The Kier molecular flexibility index (Phi) is 6.65. The van der Waals surface area contributed by atoms with Crippen LogP contribution in [-0.4, -0.2) is 37.3 Å². The predicted molar refractivity (Wildman–Crippen MR) is 73.3 cm³/mol. The second-order valence-electron chi connectivity index (χ2n) is 5.54. The lowest BCUT2D eigenvalue weighted by Crippen LogP contribution is -2.40. The van der Waals surface area contributed by atoms with Crippen LogP contribution < -0.4 is 10.6 Å². The quantitative estimate of drug-likeness (QED) is 0.643. The van der Waals surface area contributed by atoms with Crippen molar-refractivity contribution in [3.8, 4) is 0 Å². The van der Waals surface area contributed by atoms with Crippen molar-refractivity contribution in [1.29, 1.82) is 0 Å². The summed E-state index contributed by atoms with van der Waals surface area (Å²) in [7, 11) is 0. The summed E-state index contributed by atoms with van der Waals surface area (Å²) < 4.78 is 0. The van der Waals surface area contributed by atoms with Gasteiger partial charge in [0.2, 0.25) is 5.91 Å². The molecule has 4 heteroatoms. The van der Waals surface area contributed by atoms with Gasteiger partial charge in [0.1, 0.15) is 0 Å². The molecule has 1 aliphatic rings. The van der Waals surface area contributed by atoms with E-state index in [0.29, 0.717) is 18.9 Å². The van der Waals surface area contributed by atoms with E-state index >= 15 is 0 Å². The number of aliphatic hydroxyl groups excluding tert-OH is 1. The summed E-state index contributed by atoms with van der Waals surface area (Å²) in [5.41, 5.74) is -0.135. The second-order valence-corrected chi connectivity index (χ2v) is 5.54. The van der Waals surface area contributed by atoms with E-state index in [9.17, 15) is 9.90 Å². The highest BCUT2D eigenvalue weighted by molar-refractivity contribution is 5.76. The van der Waals surface area contributed by atoms with Crippen molar-refractivity contribution in [1.82, 2.24) is 10.6 Å². The number of rotatable bonds is 7. The SMILES string of the molecule is CCC(CC)(CO)CNC(=O)CC1CCNCC1. The van der Waals surface area contributed by atoms with Gasteiger partial charge in [-0.1, -0.05) is 13.8 Å². The minimum absolute atomic E-state index is 0.135. The molecular weight excluding hydrogens is 228 g/mol. The molecule has 3 N–H and O–H groups in total. The molecule has 0 saturated carbocycles. The maximum absolute atomic E-state index is 11.9. The third kappa shape index (κ3) is 4.58. The molecular formula is C14H28N2O2. The lowest BCUT2D eigenvalue weighted by atomic mass is 9.83. The zero-order valence-electron chi connectivity index (χ0n) is 11.8. The van der Waals surface area contributed by atoms with Gasteiger partial charge in [-0.15, -0.1) is 0 Å². The van der Waals surface area contributed by atoms with Gasteiger partial charge in [-0.2, -0.15) is 0 Å². The highest BCUT2D eigenvalue weighted by atomic mass is 16.3. The molecule has 1 heterocycles. The van der Waals surface area contributed by atoms with Crippen LogP contribution in [0.3, 0.4) is 0 Å². The summed E-state index contributed by atoms with van der Waals surface area (Å²) in [5, 5.41) is 15.8. The van der Waals surface area contributed by atoms with Crippen molar-refractivity contribution in [2.75, 3.05) is 26.2 Å². The van der Waals surface area contributed by atoms with E-state index in [2.05, 4.69) is 24.5 Å². The summed E-state index contributed by atoms with van der Waals surface area (Å²) in [5.74, 6) is 0.666. The highest BCUT2D eigenvalue weighted by Crippen LogP contribution is 2.24. The van der Waals surface area contributed by atoms with Crippen molar-refractivity contribution in [2.45, 2.75) is 46.0 Å². The fourth-order valence-corrected chi connectivity index (χ4v) is 2.49. The molecule has 18 heavy (non-hydrogen) atoms. The van der Waals surface area contributed by atoms with Gasteiger partial charge in [-0.3, -0.25) is 4.79 Å². The molecule has 1 rings (SSSR count). The molecule has 1 fully saturated rings. The minimum Gasteiger partial charge on any atom is -0.396 e. The first kappa shape index (κ1) is 15.4. The number of nitrogens with one attached hydrogen (secondary N) is 2. The molecule has 1 saturated heterocycles. The monoisotopic (exact) mass is 256 g/mol. The van der Waals surface area contributed by atoms with Crippen LogP contribution >= 0.6 is 0 Å². The van der Waals surface area contributed by atoms with Gasteiger partial charge in [0.05, 0.1) is 6.61 Å². The molecule has 106 valence electrons. The van der Waals surface area contributed by atoms with Crippen molar-refractivity contribution >= 4 is 5.91 Å². The number of hydrogen-bond acceptors (Lipinski definition) is 3. The van der Waals surface area contributed by atoms with Gasteiger partial charge in [0, 0.05) is 18.4 Å². The molecule has 1 amide bonds. The standard InChI is InChI=1S/C14H28N2O2/c1-3-14(4-2,11-17)10-16-13(18)9-12-5-7-15-8-6-12/h12,15,17H,3-11H2,1-2H3,(H,16,18). The first-order valence-electron chi connectivity index (χ1n) is 7.24. The Balaban J connectivity index is 2.30. The van der Waals surface area contributed by atoms with E-state index in [-0.39, 0.29) is 17.9 Å². The van der Waals surface area contributed by atoms with E-state index in [1.807, 2.05) is 0 Å². The fourth-order valence-electron chi connectivity index (χ4n) is 2.49. The van der Waals surface area contributed by atoms with E-state index < -0.39 is 0 Å². The Hall–Kier alpha value is -0.610. The van der Waals surface area contributed by atoms with E-state index in [4.69, 9.17) is 0 Å². The minimum atomic E-state index is -0.135. The Morgan fingerprint density at radius 3 is 2.44 bits per heavy atom. The van der Waals surface area contributed by atoms with Gasteiger partial charge in [-0.05, 0) is 44.7 Å². The van der Waals surface area contributed by atoms with Gasteiger partial charge in [-0.25, -0.2) is 0 Å². The smallest absolute Gasteiger partial charge is 0.220 e. The lowest BCUT2D eigenvalue weighted by molar-refractivity contribution is -0.122. The van der Waals surface area contributed by atoms with Crippen LogP contribution in [0, 0.1) is 11.3 Å². The van der Waals surface area contributed by atoms with Crippen molar-refractivity contribution in [2.24, 2.45) is 11.3 Å². The molecule has 0 aromatic heterocycles. The largest absolute Gasteiger partial charge is 0.396 e. The van der Waals surface area contributed by atoms with Gasteiger partial charge in [0.15, 0.2) is 0 Å². The average molecular weight is 256 g/mol. The third-order valence-electron chi connectivity index (χ3n) is 4.43. The average Bonchev–Trinajstić information content (AvgIpc) is 2.42. The summed E-state index contributed by atoms with van der Waals surface area (Å²) in [6.07, 6.45) is 4.62. The van der Waals surface area contributed by atoms with Gasteiger partial charge >= 0.3 is 0 Å². The highest BCUT2D eigenvalue weighted by Gasteiger charge is 2.26. The van der Waals surface area contributed by atoms with Gasteiger partial charge < -0.3 is 15.7 Å². The van der Waals surface area contributed by atoms with Crippen LogP contribution in [0.25, 0.3) is 0 Å². The zero-order chi connectivity index (χ0) is 13.4. The summed E-state index contributed by atoms with van der Waals surface area (Å²) in [6.45, 7) is 6.94. The molecule has 4 nitrogen and oxygen atoms in total. The van der Waals surface area contributed by atoms with E-state index in [1.165, 1.54) is 0 Å². The molecule has 0 radical (unpaired) electrons. The van der Waals surface area contributed by atoms with Crippen molar-refractivity contribution < 1.29 is 9.90 Å². The van der Waals surface area contributed by atoms with Crippen LogP contribution in [0.4, 0.5) is 0 Å². The predicted octanol–water partition coefficient (Wildman–Crippen LogP) is 1.29. The second kappa shape index (κ2) is 7.74. The third-order valence-corrected chi connectivity index (χ3v) is 4.43. The summed E-state index contributed by atoms with van der Waals surface area (Å²) >= 11 is 0. The Morgan fingerprint density at radius 1 is 1.33 bits per heavy atom. The Labute approximate surface area is 111 Å². The number of piperidine rings is 1. The molecule has 0 atom stereocenters. The number of carbonyl (C=O) groups is 1. The van der Waals surface area contributed by atoms with Crippen LogP contribution in [0.15, 0.2) is 0 Å². The Bertz CT molecular complexity index is 238. The van der Waals surface area contributed by atoms with Crippen LogP contribution in [0.1, 0.15) is 46.0 Å². The normalized spacial score (nSPS) is 17.7. The molecule has 0 spiro atoms. The molecule has 0 aromatic rings.